The number of rotatable bonds is 6. The molecule has 0 aromatic carbocycles. The van der Waals surface area contributed by atoms with Gasteiger partial charge in [-0.25, -0.2) is 0 Å². The van der Waals surface area contributed by atoms with Crippen LogP contribution in [-0.4, -0.2) is 28.1 Å². The summed E-state index contributed by atoms with van der Waals surface area (Å²) in [6, 6.07) is 1.63. The summed E-state index contributed by atoms with van der Waals surface area (Å²) in [7, 11) is 1.73. The highest BCUT2D eigenvalue weighted by atomic mass is 16.2. The van der Waals surface area contributed by atoms with Crippen molar-refractivity contribution in [3.05, 3.63) is 11.8 Å². The number of anilines is 1. The Morgan fingerprint density at radius 1 is 1.38 bits per heavy atom. The molecule has 6 heteroatoms. The van der Waals surface area contributed by atoms with Crippen molar-refractivity contribution in [3.8, 4) is 0 Å². The van der Waals surface area contributed by atoms with Crippen LogP contribution >= 0.6 is 0 Å². The molecule has 1 aliphatic rings. The Kier molecular flexibility index (Phi) is 5.36. The second-order valence-corrected chi connectivity index (χ2v) is 5.62. The number of nitrogens with zero attached hydrogens (tertiary/aromatic N) is 2. The van der Waals surface area contributed by atoms with Gasteiger partial charge < -0.3 is 10.6 Å². The fourth-order valence-electron chi connectivity index (χ4n) is 2.58. The number of hydrogen-bond donors (Lipinski definition) is 2. The largest absolute Gasteiger partial charge is 0.351 e. The molecule has 2 rings (SSSR count). The third-order valence-corrected chi connectivity index (χ3v) is 3.91. The normalized spacial score (nSPS) is 15.1. The van der Waals surface area contributed by atoms with Crippen molar-refractivity contribution in [2.24, 2.45) is 13.0 Å². The molecule has 1 heterocycles. The van der Waals surface area contributed by atoms with E-state index in [4.69, 9.17) is 0 Å². The molecule has 21 heavy (non-hydrogen) atoms. The van der Waals surface area contributed by atoms with Crippen LogP contribution in [0.5, 0.6) is 0 Å². The highest BCUT2D eigenvalue weighted by Crippen LogP contribution is 2.26. The summed E-state index contributed by atoms with van der Waals surface area (Å²) >= 11 is 0. The van der Waals surface area contributed by atoms with Gasteiger partial charge in [0.05, 0.1) is 0 Å². The Bertz CT molecular complexity index is 504. The molecule has 0 atom stereocenters. The molecule has 1 saturated carbocycles. The maximum atomic E-state index is 12.1. The maximum Gasteiger partial charge on any atom is 0.271 e. The predicted molar refractivity (Wildman–Crippen MR) is 81.0 cm³/mol. The predicted octanol–water partition coefficient (Wildman–Crippen LogP) is 2.08. The molecular weight excluding hydrogens is 268 g/mol. The number of amides is 2. The first-order chi connectivity index (χ1) is 10.1. The summed E-state index contributed by atoms with van der Waals surface area (Å²) in [4.78, 5) is 24.0. The lowest BCUT2D eigenvalue weighted by atomic mass is 10.1. The van der Waals surface area contributed by atoms with Crippen LogP contribution in [-0.2, 0) is 11.8 Å². The van der Waals surface area contributed by atoms with Crippen LogP contribution in [0.2, 0.25) is 0 Å². The highest BCUT2D eigenvalue weighted by molar-refractivity contribution is 5.96. The molecule has 1 aliphatic carbocycles. The van der Waals surface area contributed by atoms with E-state index in [1.807, 2.05) is 0 Å². The van der Waals surface area contributed by atoms with Crippen molar-refractivity contribution < 1.29 is 9.59 Å². The summed E-state index contributed by atoms with van der Waals surface area (Å²) in [5.41, 5.74) is 0.343. The summed E-state index contributed by atoms with van der Waals surface area (Å²) < 4.78 is 1.54. The average Bonchev–Trinajstić information content (AvgIpc) is 3.09. The van der Waals surface area contributed by atoms with Gasteiger partial charge in [-0.15, -0.1) is 0 Å². The van der Waals surface area contributed by atoms with E-state index >= 15 is 0 Å². The quantitative estimate of drug-likeness (QED) is 0.788. The van der Waals surface area contributed by atoms with Crippen molar-refractivity contribution in [2.45, 2.75) is 45.4 Å². The lowest BCUT2D eigenvalue weighted by molar-refractivity contribution is -0.119. The van der Waals surface area contributed by atoms with Gasteiger partial charge in [-0.3, -0.25) is 14.3 Å². The average molecular weight is 292 g/mol. The number of unbranched alkanes of at least 4 members (excludes halogenated alkanes) is 1. The third-order valence-electron chi connectivity index (χ3n) is 3.91. The topological polar surface area (TPSA) is 76.0 Å². The smallest absolute Gasteiger partial charge is 0.271 e. The lowest BCUT2D eigenvalue weighted by Gasteiger charge is -2.09. The number of aryl methyl sites for hydroxylation is 1. The van der Waals surface area contributed by atoms with Crippen molar-refractivity contribution in [3.63, 3.8) is 0 Å². The zero-order valence-electron chi connectivity index (χ0n) is 12.8. The summed E-state index contributed by atoms with van der Waals surface area (Å²) in [5, 5.41) is 9.86. The fraction of sp³-hybridized carbons (Fsp3) is 0.667. The van der Waals surface area contributed by atoms with Gasteiger partial charge >= 0.3 is 0 Å². The summed E-state index contributed by atoms with van der Waals surface area (Å²) in [5.74, 6) is 0.517. The molecular formula is C15H24N4O2. The Morgan fingerprint density at radius 3 is 2.76 bits per heavy atom. The van der Waals surface area contributed by atoms with E-state index < -0.39 is 0 Å². The first-order valence-electron chi connectivity index (χ1n) is 7.75. The Balaban J connectivity index is 1.95. The standard InChI is InChI=1S/C15H24N4O2/c1-3-4-9-16-15(21)12-10-13(19(2)18-12)17-14(20)11-7-5-6-8-11/h10-11H,3-9H2,1-2H3,(H,16,21)(H,17,20). The second kappa shape index (κ2) is 7.24. The Morgan fingerprint density at radius 2 is 2.10 bits per heavy atom. The SMILES string of the molecule is CCCCNC(=O)c1cc(NC(=O)C2CCCC2)n(C)n1. The van der Waals surface area contributed by atoms with E-state index in [-0.39, 0.29) is 17.7 Å². The van der Waals surface area contributed by atoms with E-state index in [1.165, 1.54) is 0 Å². The molecule has 6 nitrogen and oxygen atoms in total. The van der Waals surface area contributed by atoms with Crippen LogP contribution in [0.1, 0.15) is 55.9 Å². The molecule has 0 bridgehead atoms. The van der Waals surface area contributed by atoms with Gasteiger partial charge in [-0.1, -0.05) is 26.2 Å². The van der Waals surface area contributed by atoms with Gasteiger partial charge in [0.25, 0.3) is 5.91 Å². The molecule has 1 aromatic rings. The first-order valence-corrected chi connectivity index (χ1v) is 7.75. The number of nitrogens with one attached hydrogen (secondary N) is 2. The van der Waals surface area contributed by atoms with Crippen LogP contribution in [0.15, 0.2) is 6.07 Å². The zero-order chi connectivity index (χ0) is 15.2. The number of aromatic nitrogens is 2. The first kappa shape index (κ1) is 15.5. The van der Waals surface area contributed by atoms with Crippen molar-refractivity contribution >= 4 is 17.6 Å². The van der Waals surface area contributed by atoms with Gasteiger partial charge in [-0.05, 0) is 19.3 Å². The molecule has 0 spiro atoms. The molecule has 0 unspecified atom stereocenters. The Labute approximate surface area is 125 Å². The molecule has 0 saturated heterocycles. The van der Waals surface area contributed by atoms with Crippen molar-refractivity contribution in [2.75, 3.05) is 11.9 Å². The van der Waals surface area contributed by atoms with Crippen LogP contribution < -0.4 is 10.6 Å². The minimum atomic E-state index is -0.194. The molecule has 116 valence electrons. The summed E-state index contributed by atoms with van der Waals surface area (Å²) in [6.07, 6.45) is 6.13. The van der Waals surface area contributed by atoms with Gasteiger partial charge in [0, 0.05) is 25.6 Å². The molecule has 2 amide bonds. The number of hydrogen-bond acceptors (Lipinski definition) is 3. The maximum absolute atomic E-state index is 12.1. The minimum absolute atomic E-state index is 0.0356. The minimum Gasteiger partial charge on any atom is -0.351 e. The van der Waals surface area contributed by atoms with E-state index in [0.717, 1.165) is 38.5 Å². The molecule has 0 aliphatic heterocycles. The van der Waals surface area contributed by atoms with Crippen molar-refractivity contribution in [1.29, 1.82) is 0 Å². The summed E-state index contributed by atoms with van der Waals surface area (Å²) in [6.45, 7) is 2.72. The van der Waals surface area contributed by atoms with Gasteiger partial charge in [0.15, 0.2) is 5.69 Å². The molecule has 1 fully saturated rings. The second-order valence-electron chi connectivity index (χ2n) is 5.62. The van der Waals surface area contributed by atoms with E-state index in [0.29, 0.717) is 18.1 Å². The molecule has 2 N–H and O–H groups in total. The third kappa shape index (κ3) is 4.06. The van der Waals surface area contributed by atoms with E-state index in [1.54, 1.807) is 17.8 Å². The Hall–Kier alpha value is -1.85. The van der Waals surface area contributed by atoms with Gasteiger partial charge in [0.2, 0.25) is 5.91 Å². The molecule has 1 aromatic heterocycles. The van der Waals surface area contributed by atoms with Gasteiger partial charge in [-0.2, -0.15) is 5.10 Å². The van der Waals surface area contributed by atoms with E-state index in [2.05, 4.69) is 22.7 Å². The van der Waals surface area contributed by atoms with E-state index in [9.17, 15) is 9.59 Å². The monoisotopic (exact) mass is 292 g/mol. The van der Waals surface area contributed by atoms with Crippen LogP contribution in [0.25, 0.3) is 0 Å². The number of carbonyl (C=O) groups is 2. The van der Waals surface area contributed by atoms with Crippen LogP contribution in [0.3, 0.4) is 0 Å². The zero-order valence-corrected chi connectivity index (χ0v) is 12.8. The highest BCUT2D eigenvalue weighted by Gasteiger charge is 2.24. The molecule has 0 radical (unpaired) electrons. The fourth-order valence-corrected chi connectivity index (χ4v) is 2.58. The lowest BCUT2D eigenvalue weighted by Crippen LogP contribution is -2.24. The van der Waals surface area contributed by atoms with Crippen LogP contribution in [0, 0.1) is 5.92 Å². The number of carbonyl (C=O) groups excluding carboxylic acids is 2. The van der Waals surface area contributed by atoms with Gasteiger partial charge in [0.1, 0.15) is 5.82 Å². The van der Waals surface area contributed by atoms with Crippen molar-refractivity contribution in [1.82, 2.24) is 15.1 Å². The van der Waals surface area contributed by atoms with Crippen LogP contribution in [0.4, 0.5) is 5.82 Å².